The predicted octanol–water partition coefficient (Wildman–Crippen LogP) is 2.88. The molecule has 0 saturated carbocycles. The SMILES string of the molecule is C=CCCNCc1ccc(C#N)cc1Cl. The van der Waals surface area contributed by atoms with Gasteiger partial charge in [0.1, 0.15) is 0 Å². The fraction of sp³-hybridized carbons (Fsp3) is 0.250. The van der Waals surface area contributed by atoms with E-state index in [2.05, 4.69) is 18.0 Å². The zero-order valence-electron chi connectivity index (χ0n) is 8.46. The summed E-state index contributed by atoms with van der Waals surface area (Å²) in [6.07, 6.45) is 2.81. The van der Waals surface area contributed by atoms with Gasteiger partial charge >= 0.3 is 0 Å². The van der Waals surface area contributed by atoms with Crippen molar-refractivity contribution in [3.63, 3.8) is 0 Å². The Kier molecular flexibility index (Phi) is 4.89. The summed E-state index contributed by atoms with van der Waals surface area (Å²) >= 11 is 6.01. The predicted molar refractivity (Wildman–Crippen MR) is 62.7 cm³/mol. The smallest absolute Gasteiger partial charge is 0.0992 e. The van der Waals surface area contributed by atoms with Crippen LogP contribution in [0.2, 0.25) is 5.02 Å². The van der Waals surface area contributed by atoms with Crippen LogP contribution in [-0.4, -0.2) is 6.54 Å². The molecule has 0 aliphatic heterocycles. The van der Waals surface area contributed by atoms with Crippen LogP contribution in [0.15, 0.2) is 30.9 Å². The van der Waals surface area contributed by atoms with E-state index in [1.54, 1.807) is 12.1 Å². The number of hydrogen-bond acceptors (Lipinski definition) is 2. The van der Waals surface area contributed by atoms with Crippen molar-refractivity contribution in [3.05, 3.63) is 47.0 Å². The molecule has 78 valence electrons. The molecule has 0 atom stereocenters. The molecule has 0 saturated heterocycles. The van der Waals surface area contributed by atoms with Gasteiger partial charge in [0.15, 0.2) is 0 Å². The summed E-state index contributed by atoms with van der Waals surface area (Å²) in [7, 11) is 0. The number of hydrogen-bond donors (Lipinski definition) is 1. The van der Waals surface area contributed by atoms with Crippen molar-refractivity contribution >= 4 is 11.6 Å². The largest absolute Gasteiger partial charge is 0.312 e. The number of rotatable bonds is 5. The molecule has 15 heavy (non-hydrogen) atoms. The molecule has 2 nitrogen and oxygen atoms in total. The summed E-state index contributed by atoms with van der Waals surface area (Å²) in [6.45, 7) is 5.25. The van der Waals surface area contributed by atoms with Crippen LogP contribution in [0.25, 0.3) is 0 Å². The van der Waals surface area contributed by atoms with E-state index in [0.29, 0.717) is 10.6 Å². The van der Waals surface area contributed by atoms with Gasteiger partial charge in [0.2, 0.25) is 0 Å². The number of halogens is 1. The van der Waals surface area contributed by atoms with Crippen LogP contribution >= 0.6 is 11.6 Å². The zero-order chi connectivity index (χ0) is 11.1. The van der Waals surface area contributed by atoms with Gasteiger partial charge in [0.25, 0.3) is 0 Å². The Bertz CT molecular complexity index is 380. The van der Waals surface area contributed by atoms with Gasteiger partial charge in [-0.15, -0.1) is 6.58 Å². The Labute approximate surface area is 95.2 Å². The molecule has 1 aromatic rings. The maximum Gasteiger partial charge on any atom is 0.0992 e. The first-order valence-corrected chi connectivity index (χ1v) is 5.16. The molecule has 1 N–H and O–H groups in total. The molecule has 0 amide bonds. The average Bonchev–Trinajstić information content (AvgIpc) is 2.26. The van der Waals surface area contributed by atoms with Crippen molar-refractivity contribution in [2.45, 2.75) is 13.0 Å². The van der Waals surface area contributed by atoms with E-state index >= 15 is 0 Å². The molecule has 0 unspecified atom stereocenters. The lowest BCUT2D eigenvalue weighted by atomic mass is 10.1. The van der Waals surface area contributed by atoms with E-state index in [-0.39, 0.29) is 0 Å². The lowest BCUT2D eigenvalue weighted by molar-refractivity contribution is 0.696. The summed E-state index contributed by atoms with van der Waals surface area (Å²) in [6, 6.07) is 7.39. The fourth-order valence-electron chi connectivity index (χ4n) is 1.19. The minimum Gasteiger partial charge on any atom is -0.312 e. The van der Waals surface area contributed by atoms with Gasteiger partial charge < -0.3 is 5.32 Å². The quantitative estimate of drug-likeness (QED) is 0.612. The molecule has 0 heterocycles. The number of nitrogens with one attached hydrogen (secondary N) is 1. The Hall–Kier alpha value is -1.30. The van der Waals surface area contributed by atoms with Gasteiger partial charge in [0.05, 0.1) is 11.6 Å². The van der Waals surface area contributed by atoms with Crippen LogP contribution < -0.4 is 5.32 Å². The first-order chi connectivity index (χ1) is 7.27. The second-order valence-corrected chi connectivity index (χ2v) is 3.58. The van der Waals surface area contributed by atoms with Crippen LogP contribution in [-0.2, 0) is 6.54 Å². The molecular weight excluding hydrogens is 208 g/mol. The highest BCUT2D eigenvalue weighted by Gasteiger charge is 2.00. The molecule has 0 fully saturated rings. The standard InChI is InChI=1S/C12H13ClN2/c1-2-3-6-15-9-11-5-4-10(8-14)7-12(11)13/h2,4-5,7,15H,1,3,6,9H2. The topological polar surface area (TPSA) is 35.8 Å². The average molecular weight is 221 g/mol. The van der Waals surface area contributed by atoms with Crippen molar-refractivity contribution in [2.24, 2.45) is 0 Å². The molecule has 1 aromatic carbocycles. The van der Waals surface area contributed by atoms with Crippen LogP contribution in [0.3, 0.4) is 0 Å². The number of benzene rings is 1. The molecule has 1 rings (SSSR count). The van der Waals surface area contributed by atoms with Gasteiger partial charge in [-0.3, -0.25) is 0 Å². The van der Waals surface area contributed by atoms with Crippen LogP contribution in [0.4, 0.5) is 0 Å². The highest BCUT2D eigenvalue weighted by Crippen LogP contribution is 2.17. The third kappa shape index (κ3) is 3.75. The maximum absolute atomic E-state index is 8.66. The maximum atomic E-state index is 8.66. The summed E-state index contributed by atoms with van der Waals surface area (Å²) in [5, 5.41) is 12.5. The van der Waals surface area contributed by atoms with Crippen molar-refractivity contribution < 1.29 is 0 Å². The van der Waals surface area contributed by atoms with E-state index in [1.807, 2.05) is 12.1 Å². The zero-order valence-corrected chi connectivity index (χ0v) is 9.22. The van der Waals surface area contributed by atoms with Gasteiger partial charge in [-0.2, -0.15) is 5.26 Å². The summed E-state index contributed by atoms with van der Waals surface area (Å²) in [5.41, 5.74) is 1.61. The molecule has 0 spiro atoms. The lowest BCUT2D eigenvalue weighted by Gasteiger charge is -2.05. The van der Waals surface area contributed by atoms with E-state index in [1.165, 1.54) is 0 Å². The molecule has 0 bridgehead atoms. The molecule has 3 heteroatoms. The first-order valence-electron chi connectivity index (χ1n) is 4.78. The molecular formula is C12H13ClN2. The second-order valence-electron chi connectivity index (χ2n) is 3.17. The fourth-order valence-corrected chi connectivity index (χ4v) is 1.43. The van der Waals surface area contributed by atoms with Gasteiger partial charge in [-0.25, -0.2) is 0 Å². The molecule has 0 aromatic heterocycles. The molecule has 0 aliphatic carbocycles. The van der Waals surface area contributed by atoms with Crippen LogP contribution in [0.5, 0.6) is 0 Å². The number of nitrogens with zero attached hydrogens (tertiary/aromatic N) is 1. The van der Waals surface area contributed by atoms with E-state index in [4.69, 9.17) is 16.9 Å². The Balaban J connectivity index is 2.55. The minimum absolute atomic E-state index is 0.592. The van der Waals surface area contributed by atoms with E-state index in [9.17, 15) is 0 Å². The minimum atomic E-state index is 0.592. The normalized spacial score (nSPS) is 9.60. The highest BCUT2D eigenvalue weighted by atomic mass is 35.5. The van der Waals surface area contributed by atoms with Gasteiger partial charge in [-0.1, -0.05) is 23.7 Å². The third-order valence-electron chi connectivity index (χ3n) is 2.02. The van der Waals surface area contributed by atoms with Crippen molar-refractivity contribution in [3.8, 4) is 6.07 Å². The van der Waals surface area contributed by atoms with Crippen molar-refractivity contribution in [2.75, 3.05) is 6.54 Å². The van der Waals surface area contributed by atoms with Crippen molar-refractivity contribution in [1.29, 1.82) is 5.26 Å². The molecule has 0 aliphatic rings. The monoisotopic (exact) mass is 220 g/mol. The van der Waals surface area contributed by atoms with Crippen LogP contribution in [0.1, 0.15) is 17.5 Å². The first kappa shape index (κ1) is 11.8. The number of nitriles is 1. The summed E-state index contributed by atoms with van der Waals surface area (Å²) in [4.78, 5) is 0. The van der Waals surface area contributed by atoms with Crippen LogP contribution in [0, 0.1) is 11.3 Å². The van der Waals surface area contributed by atoms with E-state index in [0.717, 1.165) is 25.1 Å². The Morgan fingerprint density at radius 1 is 1.53 bits per heavy atom. The molecule has 0 radical (unpaired) electrons. The van der Waals surface area contributed by atoms with Gasteiger partial charge in [0, 0.05) is 11.6 Å². The highest BCUT2D eigenvalue weighted by molar-refractivity contribution is 6.31. The third-order valence-corrected chi connectivity index (χ3v) is 2.37. The van der Waals surface area contributed by atoms with E-state index < -0.39 is 0 Å². The lowest BCUT2D eigenvalue weighted by Crippen LogP contribution is -2.14. The Morgan fingerprint density at radius 3 is 2.93 bits per heavy atom. The summed E-state index contributed by atoms with van der Waals surface area (Å²) < 4.78 is 0. The van der Waals surface area contributed by atoms with Crippen molar-refractivity contribution in [1.82, 2.24) is 5.32 Å². The van der Waals surface area contributed by atoms with Gasteiger partial charge in [-0.05, 0) is 30.7 Å². The second kappa shape index (κ2) is 6.23. The summed E-state index contributed by atoms with van der Waals surface area (Å²) in [5.74, 6) is 0. The Morgan fingerprint density at radius 2 is 2.33 bits per heavy atom.